The van der Waals surface area contributed by atoms with Gasteiger partial charge in [0, 0.05) is 25.2 Å². The minimum atomic E-state index is -0.139. The molecule has 0 spiro atoms. The molecule has 0 radical (unpaired) electrons. The van der Waals surface area contributed by atoms with Crippen LogP contribution in [0.4, 0.5) is 4.79 Å². The molecule has 1 aromatic carbocycles. The molecule has 20 heavy (non-hydrogen) atoms. The number of H-pyrrole nitrogens is 2. The zero-order valence-corrected chi connectivity index (χ0v) is 11.0. The number of hydrogen-bond donors (Lipinski definition) is 3. The molecule has 2 amide bonds. The summed E-state index contributed by atoms with van der Waals surface area (Å²) in [5.41, 5.74) is 2.48. The molecule has 0 fully saturated rings. The van der Waals surface area contributed by atoms with Crippen LogP contribution < -0.4 is 10.9 Å². The highest BCUT2D eigenvalue weighted by molar-refractivity contribution is 5.74. The first-order valence-electron chi connectivity index (χ1n) is 6.59. The summed E-state index contributed by atoms with van der Waals surface area (Å²) in [7, 11) is 0. The Bertz CT molecular complexity index is 659. The van der Waals surface area contributed by atoms with E-state index in [4.69, 9.17) is 0 Å². The number of aromatic amines is 2. The van der Waals surface area contributed by atoms with Crippen LogP contribution in [0, 0.1) is 0 Å². The number of nitrogens with one attached hydrogen (secondary N) is 3. The SMILES string of the molecule is O=C(NCc1ccccc1)N1CCc2[nH][nH]c(=O)c2C1. The molecule has 2 aromatic rings. The first-order chi connectivity index (χ1) is 9.74. The van der Waals surface area contributed by atoms with E-state index in [1.54, 1.807) is 4.90 Å². The van der Waals surface area contributed by atoms with E-state index in [9.17, 15) is 9.59 Å². The maximum Gasteiger partial charge on any atom is 0.317 e. The van der Waals surface area contributed by atoms with Gasteiger partial charge in [-0.1, -0.05) is 30.3 Å². The molecule has 0 atom stereocenters. The highest BCUT2D eigenvalue weighted by Gasteiger charge is 2.23. The predicted octanol–water partition coefficient (Wildman–Crippen LogP) is 0.971. The van der Waals surface area contributed by atoms with Crippen LogP contribution in [0.5, 0.6) is 0 Å². The fraction of sp³-hybridized carbons (Fsp3) is 0.286. The van der Waals surface area contributed by atoms with Crippen molar-refractivity contribution in [3.63, 3.8) is 0 Å². The predicted molar refractivity (Wildman–Crippen MR) is 74.2 cm³/mol. The van der Waals surface area contributed by atoms with Gasteiger partial charge in [-0.05, 0) is 5.56 Å². The van der Waals surface area contributed by atoms with E-state index in [1.165, 1.54) is 0 Å². The largest absolute Gasteiger partial charge is 0.334 e. The molecule has 6 nitrogen and oxygen atoms in total. The topological polar surface area (TPSA) is 81.0 Å². The van der Waals surface area contributed by atoms with E-state index in [1.807, 2.05) is 30.3 Å². The van der Waals surface area contributed by atoms with Crippen LogP contribution in [-0.4, -0.2) is 27.7 Å². The van der Waals surface area contributed by atoms with Crippen LogP contribution in [0.25, 0.3) is 0 Å². The number of urea groups is 1. The van der Waals surface area contributed by atoms with Gasteiger partial charge in [0.2, 0.25) is 0 Å². The lowest BCUT2D eigenvalue weighted by Gasteiger charge is -2.26. The van der Waals surface area contributed by atoms with Crippen molar-refractivity contribution >= 4 is 6.03 Å². The van der Waals surface area contributed by atoms with Gasteiger partial charge in [0.15, 0.2) is 0 Å². The van der Waals surface area contributed by atoms with Crippen molar-refractivity contribution in [2.45, 2.75) is 19.5 Å². The van der Waals surface area contributed by atoms with Crippen molar-refractivity contribution in [1.29, 1.82) is 0 Å². The van der Waals surface area contributed by atoms with Gasteiger partial charge in [0.1, 0.15) is 0 Å². The monoisotopic (exact) mass is 272 g/mol. The van der Waals surface area contributed by atoms with E-state index in [-0.39, 0.29) is 11.6 Å². The lowest BCUT2D eigenvalue weighted by molar-refractivity contribution is 0.191. The average molecular weight is 272 g/mol. The summed E-state index contributed by atoms with van der Waals surface area (Å²) in [6.07, 6.45) is 0.673. The molecule has 1 aliphatic heterocycles. The molecule has 104 valence electrons. The highest BCUT2D eigenvalue weighted by Crippen LogP contribution is 2.13. The highest BCUT2D eigenvalue weighted by atomic mass is 16.2. The summed E-state index contributed by atoms with van der Waals surface area (Å²) in [6, 6.07) is 9.61. The van der Waals surface area contributed by atoms with E-state index in [2.05, 4.69) is 15.5 Å². The second-order valence-corrected chi connectivity index (χ2v) is 4.85. The Balaban J connectivity index is 1.62. The van der Waals surface area contributed by atoms with Gasteiger partial charge in [0.05, 0.1) is 12.1 Å². The minimum absolute atomic E-state index is 0.138. The van der Waals surface area contributed by atoms with Crippen LogP contribution in [0.1, 0.15) is 16.8 Å². The van der Waals surface area contributed by atoms with Crippen molar-refractivity contribution in [3.8, 4) is 0 Å². The number of fused-ring (bicyclic) bond motifs is 1. The van der Waals surface area contributed by atoms with Gasteiger partial charge in [-0.3, -0.25) is 9.89 Å². The maximum atomic E-state index is 12.1. The van der Waals surface area contributed by atoms with Crippen molar-refractivity contribution in [1.82, 2.24) is 20.4 Å². The third-order valence-electron chi connectivity index (χ3n) is 3.52. The minimum Gasteiger partial charge on any atom is -0.334 e. The van der Waals surface area contributed by atoms with Gasteiger partial charge in [-0.2, -0.15) is 0 Å². The molecular weight excluding hydrogens is 256 g/mol. The van der Waals surface area contributed by atoms with Crippen molar-refractivity contribution < 1.29 is 4.79 Å². The molecule has 1 aromatic heterocycles. The molecule has 6 heteroatoms. The molecule has 3 N–H and O–H groups in total. The van der Waals surface area contributed by atoms with Crippen molar-refractivity contribution in [2.75, 3.05) is 6.54 Å². The molecule has 0 saturated carbocycles. The Morgan fingerprint density at radius 3 is 2.85 bits per heavy atom. The number of carbonyl (C=O) groups is 1. The Morgan fingerprint density at radius 2 is 2.05 bits per heavy atom. The van der Waals surface area contributed by atoms with Crippen LogP contribution >= 0.6 is 0 Å². The summed E-state index contributed by atoms with van der Waals surface area (Å²) < 4.78 is 0. The number of hydrogen-bond acceptors (Lipinski definition) is 2. The Labute approximate surface area is 115 Å². The van der Waals surface area contributed by atoms with Crippen LogP contribution in [0.3, 0.4) is 0 Å². The molecule has 0 unspecified atom stereocenters. The number of carbonyl (C=O) groups excluding carboxylic acids is 1. The summed E-state index contributed by atoms with van der Waals surface area (Å²) >= 11 is 0. The van der Waals surface area contributed by atoms with Crippen molar-refractivity contribution in [2.24, 2.45) is 0 Å². The lowest BCUT2D eigenvalue weighted by Crippen LogP contribution is -2.43. The molecule has 3 rings (SSSR count). The number of rotatable bonds is 2. The van der Waals surface area contributed by atoms with Crippen LogP contribution in [-0.2, 0) is 19.5 Å². The smallest absolute Gasteiger partial charge is 0.317 e. The number of nitrogens with zero attached hydrogens (tertiary/aromatic N) is 1. The summed E-state index contributed by atoms with van der Waals surface area (Å²) in [4.78, 5) is 25.3. The molecule has 1 aliphatic rings. The van der Waals surface area contributed by atoms with E-state index >= 15 is 0 Å². The van der Waals surface area contributed by atoms with E-state index in [0.29, 0.717) is 31.6 Å². The van der Waals surface area contributed by atoms with E-state index < -0.39 is 0 Å². The zero-order chi connectivity index (χ0) is 13.9. The second kappa shape index (κ2) is 5.24. The van der Waals surface area contributed by atoms with Gasteiger partial charge < -0.3 is 15.3 Å². The standard InChI is InChI=1S/C14H16N4O2/c19-13-11-9-18(7-6-12(11)16-17-13)14(20)15-8-10-4-2-1-3-5-10/h1-5H,6-9H2,(H,15,20)(H2,16,17,19). The van der Waals surface area contributed by atoms with Gasteiger partial charge >= 0.3 is 6.03 Å². The Kier molecular flexibility index (Phi) is 3.28. The average Bonchev–Trinajstić information content (AvgIpc) is 2.87. The Morgan fingerprint density at radius 1 is 1.25 bits per heavy atom. The number of benzene rings is 1. The first-order valence-corrected chi connectivity index (χ1v) is 6.59. The quantitative estimate of drug-likeness (QED) is 0.761. The van der Waals surface area contributed by atoms with Gasteiger partial charge in [-0.15, -0.1) is 0 Å². The first kappa shape index (κ1) is 12.5. The van der Waals surface area contributed by atoms with Gasteiger partial charge in [0.25, 0.3) is 5.56 Å². The molecule has 0 bridgehead atoms. The third-order valence-corrected chi connectivity index (χ3v) is 3.52. The van der Waals surface area contributed by atoms with Crippen molar-refractivity contribution in [3.05, 3.63) is 57.5 Å². The summed E-state index contributed by atoms with van der Waals surface area (Å²) in [5.74, 6) is 0. The van der Waals surface area contributed by atoms with Crippen LogP contribution in [0.15, 0.2) is 35.1 Å². The zero-order valence-electron chi connectivity index (χ0n) is 11.0. The van der Waals surface area contributed by atoms with E-state index in [0.717, 1.165) is 11.3 Å². The fourth-order valence-corrected chi connectivity index (χ4v) is 2.38. The molecule has 0 saturated heterocycles. The van der Waals surface area contributed by atoms with Crippen LogP contribution in [0.2, 0.25) is 0 Å². The summed E-state index contributed by atoms with van der Waals surface area (Å²) in [5, 5.41) is 8.28. The maximum absolute atomic E-state index is 12.1. The second-order valence-electron chi connectivity index (χ2n) is 4.85. The third kappa shape index (κ3) is 2.45. The number of aromatic nitrogens is 2. The molecule has 0 aliphatic carbocycles. The fourth-order valence-electron chi connectivity index (χ4n) is 2.38. The number of amides is 2. The Hall–Kier alpha value is -2.50. The molecular formula is C14H16N4O2. The molecule has 2 heterocycles. The lowest BCUT2D eigenvalue weighted by atomic mass is 10.1. The van der Waals surface area contributed by atoms with Gasteiger partial charge in [-0.25, -0.2) is 4.79 Å². The summed E-state index contributed by atoms with van der Waals surface area (Å²) in [6.45, 7) is 1.46. The normalized spacial score (nSPS) is 13.9.